The molecule has 0 fully saturated rings. The predicted molar refractivity (Wildman–Crippen MR) is 532 cm³/mol. The van der Waals surface area contributed by atoms with Crippen LogP contribution >= 0.6 is 69.6 Å². The third kappa shape index (κ3) is 37.7. The Labute approximate surface area is 829 Å². The van der Waals surface area contributed by atoms with Crippen LogP contribution in [0.25, 0.3) is 0 Å². The van der Waals surface area contributed by atoms with Crippen molar-refractivity contribution >= 4 is 117 Å². The van der Waals surface area contributed by atoms with Crippen molar-refractivity contribution in [3.8, 4) is 0 Å². The van der Waals surface area contributed by atoms with E-state index in [0.29, 0.717) is 82.4 Å². The second-order valence-electron chi connectivity index (χ2n) is 34.7. The van der Waals surface area contributed by atoms with Crippen LogP contribution in [0.4, 0.5) is 0 Å². The number of fused-ring (bicyclic) bond motifs is 3. The molecule has 3 heterocycles. The largest absolute Gasteiger partial charge is 0.379 e. The number of unbranched alkanes of at least 4 members (excludes halogenated alkanes) is 6. The Morgan fingerprint density at radius 3 is 1.06 bits per heavy atom. The lowest BCUT2D eigenvalue weighted by Crippen LogP contribution is -2.47. The second-order valence-corrected chi connectivity index (χ2v) is 42.9. The first-order chi connectivity index (χ1) is 65.1. The van der Waals surface area contributed by atoms with Crippen LogP contribution < -0.4 is 30.7 Å². The van der Waals surface area contributed by atoms with Crippen molar-refractivity contribution in [1.29, 1.82) is 0 Å². The highest BCUT2D eigenvalue weighted by Gasteiger charge is 2.35. The van der Waals surface area contributed by atoms with Gasteiger partial charge in [-0.05, 0) is 194 Å². The number of amides is 3. The van der Waals surface area contributed by atoms with Crippen molar-refractivity contribution in [2.24, 2.45) is 0 Å². The summed E-state index contributed by atoms with van der Waals surface area (Å²) in [5, 5.41) is 16.0. The monoisotopic (exact) mass is 2040 g/mol. The third-order valence-corrected chi connectivity index (χ3v) is 30.6. The van der Waals surface area contributed by atoms with Crippen LogP contribution in [0.1, 0.15) is 176 Å². The highest BCUT2D eigenvalue weighted by atomic mass is 35.5. The molecule has 7 aromatic carbocycles. The molecule has 7 aromatic rings. The molecule has 3 atom stereocenters. The van der Waals surface area contributed by atoms with Crippen LogP contribution in [0, 0.1) is 0 Å². The summed E-state index contributed by atoms with van der Waals surface area (Å²) in [5.74, 6) is -1.15. The molecule has 6 N–H and O–H groups in total. The number of aryl methyl sites for hydroxylation is 1. The van der Waals surface area contributed by atoms with Gasteiger partial charge in [-0.2, -0.15) is 0 Å². The SMILES string of the molecule is CCCCCCCCCc1ccc(CNC(CCC(=O)NCCOCCOCCOCCCS(=O)(=O)c2cccc([C@@H]3CN(C)Cc4c(Cl)cc(Cl)cc43)c2)(CCC(=O)NCCOCCOCCOCCNS(=O)(=O)c2cccc([C@@H]3CN(C)Cc4c(Cl)cc(Cl)cc43)c2)CCC(=O)NCCOCCOCCOCCNS(=O)(=O)c2cccc([C@@H]3CN(C)Cc4c(Cl)cc(Cl)cc43)c2)cc1. The van der Waals surface area contributed by atoms with Crippen LogP contribution in [-0.4, -0.2) is 261 Å². The first kappa shape index (κ1) is 111. The number of hydrogen-bond donors (Lipinski definition) is 6. The molecule has 0 saturated carbocycles. The van der Waals surface area contributed by atoms with Crippen LogP contribution in [0.15, 0.2) is 148 Å². The summed E-state index contributed by atoms with van der Waals surface area (Å²) in [6.45, 7) is 11.4. The molecule has 0 saturated heterocycles. The lowest BCUT2D eigenvalue weighted by Gasteiger charge is -2.35. The van der Waals surface area contributed by atoms with E-state index in [1.165, 1.54) is 44.1 Å². The Morgan fingerprint density at radius 1 is 0.370 bits per heavy atom. The number of carbonyl (C=O) groups excluding carboxylic acids is 3. The number of carbonyl (C=O) groups is 3. The first-order valence-electron chi connectivity index (χ1n) is 46.9. The van der Waals surface area contributed by atoms with Gasteiger partial charge in [0.15, 0.2) is 9.84 Å². The van der Waals surface area contributed by atoms with Gasteiger partial charge in [-0.1, -0.05) is 176 Å². The zero-order valence-electron chi connectivity index (χ0n) is 78.1. The lowest BCUT2D eigenvalue weighted by molar-refractivity contribution is -0.121. The van der Waals surface area contributed by atoms with Gasteiger partial charge in [0.1, 0.15) is 0 Å². The molecule has 0 spiro atoms. The van der Waals surface area contributed by atoms with Gasteiger partial charge < -0.3 is 78.6 Å². The number of benzene rings is 7. The molecule has 10 rings (SSSR count). The number of rotatable bonds is 65. The van der Waals surface area contributed by atoms with Gasteiger partial charge in [0.05, 0.1) is 133 Å². The molecular formula is C99H135Cl6N9O18S3. The van der Waals surface area contributed by atoms with Crippen molar-refractivity contribution in [2.45, 2.75) is 167 Å². The fourth-order valence-corrected chi connectivity index (χ4v) is 22.2. The van der Waals surface area contributed by atoms with Gasteiger partial charge in [0, 0.05) is 158 Å². The first-order valence-corrected chi connectivity index (χ1v) is 53.8. The number of likely N-dealkylation sites (N-methyl/N-ethyl adjacent to an activating group) is 3. The van der Waals surface area contributed by atoms with E-state index in [4.69, 9.17) is 112 Å². The maximum Gasteiger partial charge on any atom is 0.240 e. The Morgan fingerprint density at radius 2 is 0.689 bits per heavy atom. The Kier molecular flexibility index (Phi) is 48.0. The molecule has 3 amide bonds. The van der Waals surface area contributed by atoms with Crippen molar-refractivity contribution < 1.29 is 82.3 Å². The van der Waals surface area contributed by atoms with E-state index in [1.807, 2.05) is 57.5 Å². The zero-order valence-corrected chi connectivity index (χ0v) is 85.1. The average molecular weight is 2050 g/mol. The third-order valence-electron chi connectivity index (χ3n) is 24.2. The number of ether oxygens (including phenoxy) is 9. The fraction of sp³-hybridized carbons (Fsp3) is 0.545. The summed E-state index contributed by atoms with van der Waals surface area (Å²) in [4.78, 5) is 48.5. The number of sulfonamides is 2. The van der Waals surface area contributed by atoms with E-state index in [9.17, 15) is 39.6 Å². The summed E-state index contributed by atoms with van der Waals surface area (Å²) in [5.41, 5.74) is 9.81. The highest BCUT2D eigenvalue weighted by Crippen LogP contribution is 2.43. The summed E-state index contributed by atoms with van der Waals surface area (Å²) in [7, 11) is -5.33. The minimum absolute atomic E-state index is 0.0483. The second kappa shape index (κ2) is 58.4. The van der Waals surface area contributed by atoms with Crippen molar-refractivity contribution in [3.05, 3.63) is 225 Å². The summed E-state index contributed by atoms with van der Waals surface area (Å²) >= 11 is 39.1. The molecule has 0 bridgehead atoms. The van der Waals surface area contributed by atoms with Gasteiger partial charge in [-0.3, -0.25) is 14.4 Å². The fourth-order valence-electron chi connectivity index (χ4n) is 17.0. The van der Waals surface area contributed by atoms with E-state index >= 15 is 0 Å². The molecular weight excluding hydrogens is 1910 g/mol. The predicted octanol–water partition coefficient (Wildman–Crippen LogP) is 15.1. The number of halogens is 6. The highest BCUT2D eigenvalue weighted by molar-refractivity contribution is 7.91. The van der Waals surface area contributed by atoms with E-state index in [2.05, 4.69) is 76.6 Å². The Hall–Kier alpha value is -6.06. The molecule has 36 heteroatoms. The van der Waals surface area contributed by atoms with Gasteiger partial charge in [-0.25, -0.2) is 34.7 Å². The van der Waals surface area contributed by atoms with E-state index < -0.39 is 35.4 Å². The lowest BCUT2D eigenvalue weighted by atomic mass is 9.83. The smallest absolute Gasteiger partial charge is 0.240 e. The number of sulfone groups is 1. The molecule has 0 aliphatic carbocycles. The van der Waals surface area contributed by atoms with Crippen LogP contribution in [0.5, 0.6) is 0 Å². The maximum absolute atomic E-state index is 13.8. The van der Waals surface area contributed by atoms with Crippen molar-refractivity contribution in [2.75, 3.05) is 198 Å². The molecule has 3 aliphatic rings. The summed E-state index contributed by atoms with van der Waals surface area (Å²) in [6.07, 6.45) is 10.8. The number of hydrogen-bond acceptors (Lipinski definition) is 22. The van der Waals surface area contributed by atoms with Crippen molar-refractivity contribution in [3.63, 3.8) is 0 Å². The van der Waals surface area contributed by atoms with E-state index in [0.717, 1.165) is 68.5 Å². The van der Waals surface area contributed by atoms with Gasteiger partial charge in [-0.15, -0.1) is 0 Å². The van der Waals surface area contributed by atoms with Crippen LogP contribution in [-0.2, 0) is 119 Å². The van der Waals surface area contributed by atoms with Gasteiger partial charge >= 0.3 is 0 Å². The van der Waals surface area contributed by atoms with E-state index in [1.54, 1.807) is 72.8 Å². The quantitative estimate of drug-likeness (QED) is 0.0193. The van der Waals surface area contributed by atoms with Crippen LogP contribution in [0.2, 0.25) is 30.1 Å². The molecule has 0 aromatic heterocycles. The minimum atomic E-state index is -3.86. The molecule has 27 nitrogen and oxygen atoms in total. The zero-order chi connectivity index (χ0) is 96.4. The topological polar surface area (TPSA) is 319 Å². The molecule has 3 aliphatic heterocycles. The normalized spacial score (nSPS) is 15.6. The Balaban J connectivity index is 0.649. The van der Waals surface area contributed by atoms with Gasteiger partial charge in [0.2, 0.25) is 37.8 Å². The van der Waals surface area contributed by atoms with Crippen molar-refractivity contribution in [1.82, 2.24) is 45.4 Å². The molecule has 744 valence electrons. The summed E-state index contributed by atoms with van der Waals surface area (Å²) in [6, 6.07) is 40.3. The molecule has 0 radical (unpaired) electrons. The minimum Gasteiger partial charge on any atom is -0.379 e. The average Bonchev–Trinajstić information content (AvgIpc) is 0.778. The number of nitrogens with zero attached hydrogens (tertiary/aromatic N) is 3. The van der Waals surface area contributed by atoms with Crippen LogP contribution in [0.3, 0.4) is 0 Å². The maximum atomic E-state index is 13.8. The Bertz CT molecular complexity index is 4780. The van der Waals surface area contributed by atoms with Gasteiger partial charge in [0.25, 0.3) is 0 Å². The standard InChI is InChI=1S/C99H135Cl6N9O18S3/c1-5-6-7-8-9-10-11-16-73-23-25-74(26-24-73)66-109-99(30-27-96(115)106-33-39-125-45-51-130-50-44-124-38-15-56-133(118,119)81-20-12-17-75(57-81)87-67-112(2)70-90-84(87)60-78(100)63-93(90)103,31-28-97(116)107-34-40-126-46-52-131-54-48-128-42-36-110-134(120,121)82-21-13-18-76(58-82)88-68-113(3)71-91-85(88)61-79(101)64-94(91)104)32-29-98(117)108-35-41-127-47-53-132-55-49-129-43-37-111-135(122,123)83-22-14-19-77(59-83)89-69-114(4)72-92-86(89)62-80(102)65-95(92)105/h12-14,17-26,57-65,87-89,109-111H,5-11,15-16,27-56,66-72H2,1-4H3,(H,106,115)(H,107,116)(H,108,117)/t87-,88-,89-/m0/s1. The summed E-state index contributed by atoms with van der Waals surface area (Å²) < 4.78 is 138. The van der Waals surface area contributed by atoms with E-state index in [-0.39, 0.29) is 246 Å². The molecule has 0 unspecified atom stereocenters. The number of nitrogens with one attached hydrogen (secondary N) is 6. The molecule has 135 heavy (non-hydrogen) atoms.